The Balaban J connectivity index is 2.04. The smallest absolute Gasteiger partial charge is 0.245 e. The molecule has 0 aromatic heterocycles. The second kappa shape index (κ2) is 5.85. The van der Waals surface area contributed by atoms with Crippen LogP contribution in [-0.2, 0) is 14.8 Å². The van der Waals surface area contributed by atoms with Crippen molar-refractivity contribution in [2.24, 2.45) is 5.41 Å². The zero-order chi connectivity index (χ0) is 16.5. The lowest BCUT2D eigenvalue weighted by Gasteiger charge is -2.47. The first-order valence-electron chi connectivity index (χ1n) is 7.15. The van der Waals surface area contributed by atoms with Crippen molar-refractivity contribution in [3.05, 3.63) is 42.0 Å². The first-order valence-corrected chi connectivity index (χ1v) is 8.63. The Bertz CT molecular complexity index is 704. The molecule has 0 saturated carbocycles. The molecule has 0 bridgehead atoms. The fourth-order valence-electron chi connectivity index (χ4n) is 2.62. The Morgan fingerprint density at radius 1 is 1.41 bits per heavy atom. The van der Waals surface area contributed by atoms with Gasteiger partial charge >= 0.3 is 0 Å². The van der Waals surface area contributed by atoms with Crippen LogP contribution < -0.4 is 4.72 Å². The van der Waals surface area contributed by atoms with Crippen LogP contribution in [0.4, 0.5) is 0 Å². The second-order valence-corrected chi connectivity index (χ2v) is 8.04. The van der Waals surface area contributed by atoms with E-state index in [2.05, 4.69) is 11.3 Å². The minimum Gasteiger partial charge on any atom is -0.338 e. The highest BCUT2D eigenvalue weighted by molar-refractivity contribution is 7.89. The molecular weight excluding hydrogens is 300 g/mol. The molecule has 1 aliphatic rings. The molecule has 1 aromatic rings. The van der Waals surface area contributed by atoms with Gasteiger partial charge in [-0.15, -0.1) is 0 Å². The summed E-state index contributed by atoms with van der Waals surface area (Å²) in [6.45, 7) is 10.4. The molecule has 1 saturated heterocycles. The Morgan fingerprint density at radius 2 is 2.05 bits per heavy atom. The standard InChI is InChI=1S/C16H22N2O3S/c1-5-15(19)18-10-16(4,11-18)9-17-22(20,21)14-8-12(2)6-7-13(14)3/h5-8,17H,1,9-11H2,2-4H3. The Morgan fingerprint density at radius 3 is 2.64 bits per heavy atom. The molecule has 0 aliphatic carbocycles. The molecule has 22 heavy (non-hydrogen) atoms. The molecule has 1 heterocycles. The van der Waals surface area contributed by atoms with Crippen molar-refractivity contribution in [2.45, 2.75) is 25.7 Å². The van der Waals surface area contributed by atoms with E-state index in [1.807, 2.05) is 19.9 Å². The summed E-state index contributed by atoms with van der Waals surface area (Å²) < 4.78 is 27.6. The normalized spacial score (nSPS) is 17.0. The Kier molecular flexibility index (Phi) is 4.44. The van der Waals surface area contributed by atoms with Crippen molar-refractivity contribution in [1.29, 1.82) is 0 Å². The van der Waals surface area contributed by atoms with E-state index in [0.717, 1.165) is 11.1 Å². The van der Waals surface area contributed by atoms with Crippen LogP contribution in [0.15, 0.2) is 35.7 Å². The van der Waals surface area contributed by atoms with Crippen molar-refractivity contribution >= 4 is 15.9 Å². The Labute approximate surface area is 132 Å². The van der Waals surface area contributed by atoms with Gasteiger partial charge in [-0.25, -0.2) is 13.1 Å². The topological polar surface area (TPSA) is 66.5 Å². The third kappa shape index (κ3) is 3.39. The van der Waals surface area contributed by atoms with E-state index >= 15 is 0 Å². The van der Waals surface area contributed by atoms with Crippen molar-refractivity contribution in [3.8, 4) is 0 Å². The summed E-state index contributed by atoms with van der Waals surface area (Å²) >= 11 is 0. The van der Waals surface area contributed by atoms with Gasteiger partial charge in [-0.1, -0.05) is 25.6 Å². The molecule has 1 N–H and O–H groups in total. The first-order chi connectivity index (χ1) is 10.2. The SMILES string of the molecule is C=CC(=O)N1CC(C)(CNS(=O)(=O)c2cc(C)ccc2C)C1. The van der Waals surface area contributed by atoms with Crippen LogP contribution in [-0.4, -0.2) is 38.9 Å². The van der Waals surface area contributed by atoms with Gasteiger partial charge in [0.05, 0.1) is 4.90 Å². The molecule has 1 aromatic carbocycles. The maximum atomic E-state index is 12.5. The minimum atomic E-state index is -3.54. The molecular formula is C16H22N2O3S. The number of carbonyl (C=O) groups is 1. The molecule has 6 heteroatoms. The van der Waals surface area contributed by atoms with Gasteiger partial charge < -0.3 is 4.90 Å². The second-order valence-electron chi connectivity index (χ2n) is 6.30. The molecule has 5 nitrogen and oxygen atoms in total. The van der Waals surface area contributed by atoms with E-state index in [9.17, 15) is 13.2 Å². The molecule has 2 rings (SSSR count). The van der Waals surface area contributed by atoms with Gasteiger partial charge in [0, 0.05) is 25.0 Å². The molecule has 120 valence electrons. The maximum absolute atomic E-state index is 12.5. The van der Waals surface area contributed by atoms with Gasteiger partial charge in [-0.2, -0.15) is 0 Å². The number of likely N-dealkylation sites (tertiary alicyclic amines) is 1. The average Bonchev–Trinajstić information content (AvgIpc) is 2.44. The zero-order valence-corrected chi connectivity index (χ0v) is 14.0. The predicted molar refractivity (Wildman–Crippen MR) is 86.0 cm³/mol. The van der Waals surface area contributed by atoms with Crippen LogP contribution in [0.3, 0.4) is 0 Å². The molecule has 1 aliphatic heterocycles. The number of carbonyl (C=O) groups excluding carboxylic acids is 1. The number of hydrogen-bond donors (Lipinski definition) is 1. The summed E-state index contributed by atoms with van der Waals surface area (Å²) in [5.41, 5.74) is 1.40. The van der Waals surface area contributed by atoms with Crippen LogP contribution in [0, 0.1) is 19.3 Å². The molecule has 0 atom stereocenters. The number of amides is 1. The van der Waals surface area contributed by atoms with Crippen molar-refractivity contribution in [3.63, 3.8) is 0 Å². The van der Waals surface area contributed by atoms with Crippen molar-refractivity contribution in [1.82, 2.24) is 9.62 Å². The number of nitrogens with one attached hydrogen (secondary N) is 1. The van der Waals surface area contributed by atoms with Crippen LogP contribution in [0.1, 0.15) is 18.1 Å². The lowest BCUT2D eigenvalue weighted by Crippen LogP contribution is -2.60. The van der Waals surface area contributed by atoms with E-state index < -0.39 is 10.0 Å². The maximum Gasteiger partial charge on any atom is 0.245 e. The lowest BCUT2D eigenvalue weighted by molar-refractivity contribution is -0.136. The van der Waals surface area contributed by atoms with Gasteiger partial charge in [0.2, 0.25) is 15.9 Å². The van der Waals surface area contributed by atoms with E-state index in [-0.39, 0.29) is 11.3 Å². The number of rotatable bonds is 5. The van der Waals surface area contributed by atoms with E-state index in [1.54, 1.807) is 24.0 Å². The number of nitrogens with zero attached hydrogens (tertiary/aromatic N) is 1. The highest BCUT2D eigenvalue weighted by Crippen LogP contribution is 2.29. The van der Waals surface area contributed by atoms with Crippen LogP contribution in [0.25, 0.3) is 0 Å². The molecule has 0 radical (unpaired) electrons. The lowest BCUT2D eigenvalue weighted by atomic mass is 9.82. The monoisotopic (exact) mass is 322 g/mol. The van der Waals surface area contributed by atoms with Gasteiger partial charge in [0.15, 0.2) is 0 Å². The fourth-order valence-corrected chi connectivity index (χ4v) is 4.14. The summed E-state index contributed by atoms with van der Waals surface area (Å²) in [5.74, 6) is -0.116. The highest BCUT2D eigenvalue weighted by atomic mass is 32.2. The van der Waals surface area contributed by atoms with E-state index in [0.29, 0.717) is 24.5 Å². The number of aryl methyl sites for hydroxylation is 2. The van der Waals surface area contributed by atoms with Gasteiger partial charge in [-0.05, 0) is 37.1 Å². The summed E-state index contributed by atoms with van der Waals surface area (Å²) in [4.78, 5) is 13.4. The summed E-state index contributed by atoms with van der Waals surface area (Å²) in [6, 6.07) is 5.37. The summed E-state index contributed by atoms with van der Waals surface area (Å²) in [6.07, 6.45) is 1.28. The van der Waals surface area contributed by atoms with Crippen molar-refractivity contribution in [2.75, 3.05) is 19.6 Å². The van der Waals surface area contributed by atoms with Gasteiger partial charge in [-0.3, -0.25) is 4.79 Å². The number of benzene rings is 1. The fraction of sp³-hybridized carbons (Fsp3) is 0.438. The number of sulfonamides is 1. The first kappa shape index (κ1) is 16.7. The summed E-state index contributed by atoms with van der Waals surface area (Å²) in [5, 5.41) is 0. The minimum absolute atomic E-state index is 0.116. The van der Waals surface area contributed by atoms with Crippen LogP contribution in [0.5, 0.6) is 0 Å². The van der Waals surface area contributed by atoms with Crippen molar-refractivity contribution < 1.29 is 13.2 Å². The molecule has 0 unspecified atom stereocenters. The van der Waals surface area contributed by atoms with Crippen LogP contribution in [0.2, 0.25) is 0 Å². The molecule has 0 spiro atoms. The quantitative estimate of drug-likeness (QED) is 0.838. The van der Waals surface area contributed by atoms with E-state index in [4.69, 9.17) is 0 Å². The van der Waals surface area contributed by atoms with Gasteiger partial charge in [0.25, 0.3) is 0 Å². The molecule has 1 amide bonds. The predicted octanol–water partition coefficient (Wildman–Crippen LogP) is 1.62. The highest BCUT2D eigenvalue weighted by Gasteiger charge is 2.41. The molecule has 1 fully saturated rings. The third-order valence-corrected chi connectivity index (χ3v) is 5.50. The third-order valence-electron chi connectivity index (χ3n) is 3.95. The zero-order valence-electron chi connectivity index (χ0n) is 13.2. The number of hydrogen-bond acceptors (Lipinski definition) is 3. The average molecular weight is 322 g/mol. The van der Waals surface area contributed by atoms with E-state index in [1.165, 1.54) is 6.08 Å². The largest absolute Gasteiger partial charge is 0.338 e. The van der Waals surface area contributed by atoms with Crippen LogP contribution >= 0.6 is 0 Å². The summed E-state index contributed by atoms with van der Waals surface area (Å²) in [7, 11) is -3.54. The Hall–Kier alpha value is -1.66. The van der Waals surface area contributed by atoms with Gasteiger partial charge in [0.1, 0.15) is 0 Å².